The molecule has 0 aliphatic heterocycles. The van der Waals surface area contributed by atoms with Gasteiger partial charge in [0, 0.05) is 22.3 Å². The first-order chi connectivity index (χ1) is 10.7. The highest BCUT2D eigenvalue weighted by Crippen LogP contribution is 2.21. The van der Waals surface area contributed by atoms with Crippen molar-refractivity contribution >= 4 is 17.4 Å². The fourth-order valence-corrected chi connectivity index (χ4v) is 2.16. The van der Waals surface area contributed by atoms with Crippen LogP contribution < -0.4 is 10.5 Å². The van der Waals surface area contributed by atoms with Gasteiger partial charge in [0.05, 0.1) is 11.9 Å². The van der Waals surface area contributed by atoms with E-state index in [1.54, 1.807) is 18.5 Å². The van der Waals surface area contributed by atoms with Crippen molar-refractivity contribution in [2.45, 2.75) is 6.61 Å². The lowest BCUT2D eigenvalue weighted by Gasteiger charge is -2.08. The Labute approximate surface area is 133 Å². The van der Waals surface area contributed by atoms with Crippen molar-refractivity contribution in [2.24, 2.45) is 0 Å². The zero-order chi connectivity index (χ0) is 15.4. The second-order valence-electron chi connectivity index (χ2n) is 4.73. The van der Waals surface area contributed by atoms with Gasteiger partial charge in [-0.25, -0.2) is 4.98 Å². The highest BCUT2D eigenvalue weighted by molar-refractivity contribution is 6.31. The molecule has 0 bridgehead atoms. The number of nitrogens with zero attached hydrogens (tertiary/aromatic N) is 2. The van der Waals surface area contributed by atoms with Gasteiger partial charge in [0.1, 0.15) is 18.2 Å². The van der Waals surface area contributed by atoms with Crippen molar-refractivity contribution in [2.75, 3.05) is 5.73 Å². The summed E-state index contributed by atoms with van der Waals surface area (Å²) in [6.45, 7) is 0.407. The highest BCUT2D eigenvalue weighted by Gasteiger charge is 2.03. The molecule has 0 aliphatic rings. The Morgan fingerprint density at radius 3 is 2.50 bits per heavy atom. The number of anilines is 1. The Kier molecular flexibility index (Phi) is 4.21. The molecule has 2 heterocycles. The Bertz CT molecular complexity index is 758. The molecule has 0 spiro atoms. The molecule has 0 amide bonds. The number of rotatable bonds is 4. The van der Waals surface area contributed by atoms with Gasteiger partial charge in [0.25, 0.3) is 0 Å². The van der Waals surface area contributed by atoms with Gasteiger partial charge in [0.2, 0.25) is 0 Å². The molecule has 3 aromatic rings. The summed E-state index contributed by atoms with van der Waals surface area (Å²) in [4.78, 5) is 8.43. The van der Waals surface area contributed by atoms with Gasteiger partial charge >= 0.3 is 0 Å². The average molecular weight is 312 g/mol. The minimum atomic E-state index is 0.407. The van der Waals surface area contributed by atoms with Gasteiger partial charge in [-0.1, -0.05) is 29.8 Å². The quantitative estimate of drug-likeness (QED) is 0.792. The first kappa shape index (κ1) is 14.4. The molecular formula is C17H14ClN3O. The van der Waals surface area contributed by atoms with E-state index in [-0.39, 0.29) is 0 Å². The third kappa shape index (κ3) is 3.35. The second-order valence-corrected chi connectivity index (χ2v) is 5.14. The normalized spacial score (nSPS) is 10.4. The molecule has 22 heavy (non-hydrogen) atoms. The van der Waals surface area contributed by atoms with Crippen molar-refractivity contribution in [1.29, 1.82) is 0 Å². The van der Waals surface area contributed by atoms with Crippen LogP contribution >= 0.6 is 11.6 Å². The van der Waals surface area contributed by atoms with Crippen LogP contribution in [0.2, 0.25) is 5.02 Å². The van der Waals surface area contributed by atoms with Gasteiger partial charge in [-0.05, 0) is 30.3 Å². The Morgan fingerprint density at radius 2 is 1.82 bits per heavy atom. The zero-order valence-corrected chi connectivity index (χ0v) is 12.5. The van der Waals surface area contributed by atoms with Gasteiger partial charge in [0.15, 0.2) is 0 Å². The Morgan fingerprint density at radius 1 is 0.955 bits per heavy atom. The molecule has 0 fully saturated rings. The second kappa shape index (κ2) is 6.45. The number of pyridine rings is 2. The number of nitrogen functional groups attached to an aromatic ring is 1. The molecule has 0 atom stereocenters. The molecule has 110 valence electrons. The summed E-state index contributed by atoms with van der Waals surface area (Å²) >= 11 is 6.10. The monoisotopic (exact) mass is 311 g/mol. The van der Waals surface area contributed by atoms with E-state index in [1.807, 2.05) is 42.5 Å². The van der Waals surface area contributed by atoms with Crippen LogP contribution in [-0.4, -0.2) is 9.97 Å². The van der Waals surface area contributed by atoms with Gasteiger partial charge in [-0.2, -0.15) is 0 Å². The maximum atomic E-state index is 6.10. The van der Waals surface area contributed by atoms with Gasteiger partial charge < -0.3 is 10.5 Å². The maximum Gasteiger partial charge on any atom is 0.138 e. The minimum absolute atomic E-state index is 0.407. The molecule has 0 aliphatic carbocycles. The minimum Gasteiger partial charge on any atom is -0.487 e. The summed E-state index contributed by atoms with van der Waals surface area (Å²) in [7, 11) is 0. The van der Waals surface area contributed by atoms with Crippen molar-refractivity contribution in [3.8, 4) is 17.0 Å². The van der Waals surface area contributed by atoms with E-state index in [0.717, 1.165) is 16.8 Å². The van der Waals surface area contributed by atoms with Crippen molar-refractivity contribution < 1.29 is 4.74 Å². The Balaban J connectivity index is 1.69. The van der Waals surface area contributed by atoms with E-state index in [9.17, 15) is 0 Å². The fraction of sp³-hybridized carbons (Fsp3) is 0.0588. The summed E-state index contributed by atoms with van der Waals surface area (Å²) in [6, 6.07) is 15.0. The van der Waals surface area contributed by atoms with E-state index < -0.39 is 0 Å². The zero-order valence-electron chi connectivity index (χ0n) is 11.7. The summed E-state index contributed by atoms with van der Waals surface area (Å²) in [5.41, 5.74) is 8.24. The van der Waals surface area contributed by atoms with E-state index in [4.69, 9.17) is 22.1 Å². The molecule has 3 rings (SSSR count). The van der Waals surface area contributed by atoms with Crippen LogP contribution in [0.3, 0.4) is 0 Å². The number of hydrogen-bond acceptors (Lipinski definition) is 4. The molecule has 1 aromatic carbocycles. The smallest absolute Gasteiger partial charge is 0.138 e. The van der Waals surface area contributed by atoms with Crippen LogP contribution in [-0.2, 0) is 6.61 Å². The van der Waals surface area contributed by atoms with Crippen molar-refractivity contribution in [3.63, 3.8) is 0 Å². The molecule has 2 N–H and O–H groups in total. The van der Waals surface area contributed by atoms with Crippen molar-refractivity contribution in [3.05, 3.63) is 71.5 Å². The van der Waals surface area contributed by atoms with Crippen LogP contribution in [0.4, 0.5) is 5.82 Å². The van der Waals surface area contributed by atoms with E-state index in [2.05, 4.69) is 9.97 Å². The molecular weight excluding hydrogens is 298 g/mol. The maximum absolute atomic E-state index is 6.10. The van der Waals surface area contributed by atoms with Crippen LogP contribution in [0.5, 0.6) is 5.75 Å². The molecule has 5 heteroatoms. The predicted molar refractivity (Wildman–Crippen MR) is 87.7 cm³/mol. The van der Waals surface area contributed by atoms with E-state index in [1.165, 1.54) is 0 Å². The third-order valence-electron chi connectivity index (χ3n) is 3.17. The molecule has 2 aromatic heterocycles. The number of benzene rings is 1. The summed E-state index contributed by atoms with van der Waals surface area (Å²) in [6.07, 6.45) is 3.38. The largest absolute Gasteiger partial charge is 0.487 e. The number of aromatic nitrogens is 2. The predicted octanol–water partition coefficient (Wildman–Crippen LogP) is 3.96. The van der Waals surface area contributed by atoms with Crippen LogP contribution in [0, 0.1) is 0 Å². The highest BCUT2D eigenvalue weighted by atomic mass is 35.5. The first-order valence-electron chi connectivity index (χ1n) is 6.76. The molecule has 0 unspecified atom stereocenters. The summed E-state index contributed by atoms with van der Waals surface area (Å²) in [5.74, 6) is 1.18. The topological polar surface area (TPSA) is 61.0 Å². The average Bonchev–Trinajstić information content (AvgIpc) is 2.55. The summed E-state index contributed by atoms with van der Waals surface area (Å²) < 4.78 is 5.70. The SMILES string of the molecule is Nc1ccc(-c2ccc(OCc3ccccc3Cl)cn2)cn1. The Hall–Kier alpha value is -2.59. The number of halogens is 1. The molecule has 0 saturated carbocycles. The molecule has 0 radical (unpaired) electrons. The van der Waals surface area contributed by atoms with Crippen LogP contribution in [0.15, 0.2) is 60.9 Å². The number of ether oxygens (including phenoxy) is 1. The third-order valence-corrected chi connectivity index (χ3v) is 3.54. The van der Waals surface area contributed by atoms with E-state index >= 15 is 0 Å². The number of nitrogens with two attached hydrogens (primary N) is 1. The summed E-state index contributed by atoms with van der Waals surface area (Å²) in [5, 5.41) is 0.694. The van der Waals surface area contributed by atoms with Gasteiger partial charge in [-0.3, -0.25) is 4.98 Å². The lowest BCUT2D eigenvalue weighted by atomic mass is 10.2. The standard InChI is InChI=1S/C17H14ClN3O/c18-15-4-2-1-3-13(15)11-22-14-6-7-16(20-10-14)12-5-8-17(19)21-9-12/h1-10H,11H2,(H2,19,21). The lowest BCUT2D eigenvalue weighted by molar-refractivity contribution is 0.305. The van der Waals surface area contributed by atoms with Crippen LogP contribution in [0.25, 0.3) is 11.3 Å². The lowest BCUT2D eigenvalue weighted by Crippen LogP contribution is -1.97. The van der Waals surface area contributed by atoms with Crippen LogP contribution in [0.1, 0.15) is 5.56 Å². The fourth-order valence-electron chi connectivity index (χ4n) is 1.97. The first-order valence-corrected chi connectivity index (χ1v) is 7.14. The van der Waals surface area contributed by atoms with E-state index in [0.29, 0.717) is 23.2 Å². The number of hydrogen-bond donors (Lipinski definition) is 1. The molecule has 4 nitrogen and oxygen atoms in total. The van der Waals surface area contributed by atoms with Crippen molar-refractivity contribution in [1.82, 2.24) is 9.97 Å². The van der Waals surface area contributed by atoms with Gasteiger partial charge in [-0.15, -0.1) is 0 Å². The molecule has 0 saturated heterocycles.